The van der Waals surface area contributed by atoms with Crippen molar-refractivity contribution < 1.29 is 13.9 Å². The van der Waals surface area contributed by atoms with Gasteiger partial charge in [0.1, 0.15) is 19.0 Å². The highest BCUT2D eigenvalue weighted by Gasteiger charge is 2.15. The van der Waals surface area contributed by atoms with E-state index in [0.29, 0.717) is 19.8 Å². The highest BCUT2D eigenvalue weighted by molar-refractivity contribution is 6.31. The second kappa shape index (κ2) is 5.59. The molecule has 0 unspecified atom stereocenters. The Labute approximate surface area is 121 Å². The summed E-state index contributed by atoms with van der Waals surface area (Å²) in [4.78, 5) is 0. The maximum Gasteiger partial charge on any atom is 0.166 e. The molecule has 3 nitrogen and oxygen atoms in total. The van der Waals surface area contributed by atoms with E-state index in [2.05, 4.69) is 5.32 Å². The van der Waals surface area contributed by atoms with Crippen LogP contribution in [0, 0.1) is 5.82 Å². The molecule has 0 fully saturated rings. The largest absolute Gasteiger partial charge is 0.486 e. The molecule has 5 heteroatoms. The van der Waals surface area contributed by atoms with Crippen LogP contribution in [0.4, 0.5) is 10.1 Å². The van der Waals surface area contributed by atoms with Crippen LogP contribution in [0.5, 0.6) is 11.5 Å². The molecular formula is C15H13ClFNO2. The number of benzene rings is 2. The number of anilines is 1. The summed E-state index contributed by atoms with van der Waals surface area (Å²) in [5, 5.41) is 3.29. The maximum absolute atomic E-state index is 13.1. The third-order valence-corrected chi connectivity index (χ3v) is 3.34. The van der Waals surface area contributed by atoms with E-state index >= 15 is 0 Å². The van der Waals surface area contributed by atoms with Crippen molar-refractivity contribution in [2.24, 2.45) is 0 Å². The molecule has 2 aromatic carbocycles. The zero-order valence-corrected chi connectivity index (χ0v) is 11.4. The van der Waals surface area contributed by atoms with Crippen molar-refractivity contribution in [1.29, 1.82) is 0 Å². The number of nitrogens with one attached hydrogen (secondary N) is 1. The fourth-order valence-electron chi connectivity index (χ4n) is 2.08. The first-order valence-corrected chi connectivity index (χ1v) is 6.68. The van der Waals surface area contributed by atoms with Crippen LogP contribution in [0.3, 0.4) is 0 Å². The lowest BCUT2D eigenvalue weighted by molar-refractivity contribution is 0.170. The molecule has 0 atom stereocenters. The molecule has 0 saturated heterocycles. The van der Waals surface area contributed by atoms with Gasteiger partial charge < -0.3 is 14.8 Å². The summed E-state index contributed by atoms with van der Waals surface area (Å²) in [7, 11) is 0. The summed E-state index contributed by atoms with van der Waals surface area (Å²) < 4.78 is 24.3. The Hall–Kier alpha value is -1.94. The third-order valence-electron chi connectivity index (χ3n) is 3.05. The molecule has 0 saturated carbocycles. The second-order valence-corrected chi connectivity index (χ2v) is 4.83. The number of fused-ring (bicyclic) bond motifs is 1. The van der Waals surface area contributed by atoms with Crippen LogP contribution >= 0.6 is 11.6 Å². The van der Waals surface area contributed by atoms with E-state index in [-0.39, 0.29) is 5.02 Å². The van der Waals surface area contributed by atoms with Gasteiger partial charge in [-0.05, 0) is 24.3 Å². The van der Waals surface area contributed by atoms with E-state index in [9.17, 15) is 4.39 Å². The minimum absolute atomic E-state index is 0.102. The smallest absolute Gasteiger partial charge is 0.166 e. The van der Waals surface area contributed by atoms with Crippen LogP contribution in [0.1, 0.15) is 5.56 Å². The summed E-state index contributed by atoms with van der Waals surface area (Å²) in [5.74, 6) is 1.10. The van der Waals surface area contributed by atoms with Gasteiger partial charge in [-0.25, -0.2) is 4.39 Å². The Morgan fingerprint density at radius 2 is 2.00 bits per heavy atom. The van der Waals surface area contributed by atoms with Gasteiger partial charge in [0.15, 0.2) is 11.5 Å². The molecule has 3 rings (SSSR count). The molecule has 1 heterocycles. The highest BCUT2D eigenvalue weighted by atomic mass is 35.5. The Morgan fingerprint density at radius 3 is 2.85 bits per heavy atom. The van der Waals surface area contributed by atoms with Crippen molar-refractivity contribution in [2.45, 2.75) is 6.54 Å². The van der Waals surface area contributed by atoms with Crippen LogP contribution in [-0.4, -0.2) is 13.2 Å². The van der Waals surface area contributed by atoms with E-state index in [4.69, 9.17) is 21.1 Å². The molecule has 0 aliphatic carbocycles. The normalized spacial score (nSPS) is 13.1. The van der Waals surface area contributed by atoms with Gasteiger partial charge in [0, 0.05) is 17.8 Å². The summed E-state index contributed by atoms with van der Waals surface area (Å²) in [5.41, 5.74) is 1.74. The van der Waals surface area contributed by atoms with Crippen LogP contribution < -0.4 is 14.8 Å². The summed E-state index contributed by atoms with van der Waals surface area (Å²) in [6.45, 7) is 1.67. The predicted molar refractivity (Wildman–Crippen MR) is 76.2 cm³/mol. The van der Waals surface area contributed by atoms with Crippen LogP contribution in [0.2, 0.25) is 5.02 Å². The van der Waals surface area contributed by atoms with Gasteiger partial charge in [0.25, 0.3) is 0 Å². The topological polar surface area (TPSA) is 30.5 Å². The number of para-hydroxylation sites is 1. The lowest BCUT2D eigenvalue weighted by Gasteiger charge is -2.21. The molecule has 2 aromatic rings. The molecule has 0 radical (unpaired) electrons. The van der Waals surface area contributed by atoms with E-state index in [1.54, 1.807) is 12.1 Å². The number of hydrogen-bond donors (Lipinski definition) is 1. The average molecular weight is 294 g/mol. The monoisotopic (exact) mass is 293 g/mol. The third kappa shape index (κ3) is 2.65. The number of ether oxygens (including phenoxy) is 2. The van der Waals surface area contributed by atoms with Gasteiger partial charge in [-0.3, -0.25) is 0 Å². The van der Waals surface area contributed by atoms with Crippen molar-refractivity contribution in [3.8, 4) is 11.5 Å². The first kappa shape index (κ1) is 13.1. The Morgan fingerprint density at radius 1 is 1.15 bits per heavy atom. The van der Waals surface area contributed by atoms with Crippen molar-refractivity contribution in [3.63, 3.8) is 0 Å². The summed E-state index contributed by atoms with van der Waals surface area (Å²) in [6.07, 6.45) is 0. The number of rotatable bonds is 3. The van der Waals surface area contributed by atoms with E-state index in [1.807, 2.05) is 18.2 Å². The van der Waals surface area contributed by atoms with Crippen LogP contribution in [0.15, 0.2) is 36.4 Å². The van der Waals surface area contributed by atoms with Gasteiger partial charge in [0.05, 0.1) is 5.02 Å². The standard InChI is InChI=1S/C15H13ClFNO2/c16-12-8-11(4-5-13(12)17)18-9-10-2-1-3-14-15(10)20-7-6-19-14/h1-5,8,18H,6-7,9H2. The number of halogens is 2. The van der Waals surface area contributed by atoms with Gasteiger partial charge in [-0.2, -0.15) is 0 Å². The van der Waals surface area contributed by atoms with Gasteiger partial charge in [-0.15, -0.1) is 0 Å². The lowest BCUT2D eigenvalue weighted by Crippen LogP contribution is -2.17. The molecule has 20 heavy (non-hydrogen) atoms. The molecule has 1 aliphatic heterocycles. The molecule has 1 aliphatic rings. The molecule has 1 N–H and O–H groups in total. The fraction of sp³-hybridized carbons (Fsp3) is 0.200. The molecule has 0 amide bonds. The Bertz CT molecular complexity index is 633. The predicted octanol–water partition coefficient (Wildman–Crippen LogP) is 3.86. The van der Waals surface area contributed by atoms with Gasteiger partial charge in [0.2, 0.25) is 0 Å². The SMILES string of the molecule is Fc1ccc(NCc2cccc3c2OCCO3)cc1Cl. The average Bonchev–Trinajstić information content (AvgIpc) is 2.48. The fourth-order valence-corrected chi connectivity index (χ4v) is 2.26. The highest BCUT2D eigenvalue weighted by Crippen LogP contribution is 2.34. The maximum atomic E-state index is 13.1. The van der Waals surface area contributed by atoms with Crippen molar-refractivity contribution in [3.05, 3.63) is 52.8 Å². The number of hydrogen-bond acceptors (Lipinski definition) is 3. The van der Waals surface area contributed by atoms with E-state index in [1.165, 1.54) is 6.07 Å². The minimum atomic E-state index is -0.425. The molecule has 0 spiro atoms. The minimum Gasteiger partial charge on any atom is -0.486 e. The van der Waals surface area contributed by atoms with Crippen molar-refractivity contribution >= 4 is 17.3 Å². The first-order valence-electron chi connectivity index (χ1n) is 6.30. The van der Waals surface area contributed by atoms with Gasteiger partial charge in [-0.1, -0.05) is 23.7 Å². The van der Waals surface area contributed by atoms with Gasteiger partial charge >= 0.3 is 0 Å². The molecule has 0 aromatic heterocycles. The zero-order chi connectivity index (χ0) is 13.9. The lowest BCUT2D eigenvalue weighted by atomic mass is 10.1. The zero-order valence-electron chi connectivity index (χ0n) is 10.7. The summed E-state index contributed by atoms with van der Waals surface area (Å²) >= 11 is 5.75. The molecular weight excluding hydrogens is 281 g/mol. The van der Waals surface area contributed by atoms with Crippen LogP contribution in [-0.2, 0) is 6.54 Å². The van der Waals surface area contributed by atoms with E-state index < -0.39 is 5.82 Å². The second-order valence-electron chi connectivity index (χ2n) is 4.42. The molecule has 0 bridgehead atoms. The van der Waals surface area contributed by atoms with Crippen LogP contribution in [0.25, 0.3) is 0 Å². The van der Waals surface area contributed by atoms with Crippen molar-refractivity contribution in [1.82, 2.24) is 0 Å². The molecule has 104 valence electrons. The van der Waals surface area contributed by atoms with E-state index in [0.717, 1.165) is 22.7 Å². The Kier molecular flexibility index (Phi) is 3.65. The Balaban J connectivity index is 1.76. The quantitative estimate of drug-likeness (QED) is 0.932. The van der Waals surface area contributed by atoms with Crippen molar-refractivity contribution in [2.75, 3.05) is 18.5 Å². The summed E-state index contributed by atoms with van der Waals surface area (Å²) in [6, 6.07) is 10.3. The first-order chi connectivity index (χ1) is 9.74.